The molecule has 1 aliphatic heterocycles. The number of nitrogens with zero attached hydrogens (tertiary/aromatic N) is 2. The molecular formula is C16H25N3O3. The minimum Gasteiger partial charge on any atom is -0.444 e. The Morgan fingerprint density at radius 2 is 2.14 bits per heavy atom. The van der Waals surface area contributed by atoms with E-state index in [9.17, 15) is 9.59 Å². The number of carbonyl (C=O) groups excluding carboxylic acids is 1. The Morgan fingerprint density at radius 3 is 2.77 bits per heavy atom. The number of likely N-dealkylation sites (tertiary alicyclic amines) is 1. The van der Waals surface area contributed by atoms with E-state index in [1.165, 1.54) is 10.6 Å². The maximum absolute atomic E-state index is 12.2. The first kappa shape index (κ1) is 16.4. The van der Waals surface area contributed by atoms with E-state index in [1.54, 1.807) is 24.2 Å². The molecular weight excluding hydrogens is 282 g/mol. The van der Waals surface area contributed by atoms with Gasteiger partial charge in [-0.25, -0.2) is 4.79 Å². The molecule has 1 unspecified atom stereocenters. The van der Waals surface area contributed by atoms with Crippen molar-refractivity contribution in [2.24, 2.45) is 7.05 Å². The summed E-state index contributed by atoms with van der Waals surface area (Å²) in [5.74, 6) is 0. The average Bonchev–Trinajstić information content (AvgIpc) is 2.87. The molecule has 1 amide bonds. The molecule has 122 valence electrons. The molecule has 2 heterocycles. The number of ether oxygens (including phenoxy) is 1. The molecule has 1 N–H and O–H groups in total. The van der Waals surface area contributed by atoms with Gasteiger partial charge in [-0.2, -0.15) is 0 Å². The Kier molecular flexibility index (Phi) is 4.78. The first-order chi connectivity index (χ1) is 10.3. The van der Waals surface area contributed by atoms with Crippen molar-refractivity contribution >= 4 is 11.8 Å². The maximum atomic E-state index is 12.2. The highest BCUT2D eigenvalue weighted by Gasteiger charge is 2.31. The van der Waals surface area contributed by atoms with E-state index < -0.39 is 5.60 Å². The van der Waals surface area contributed by atoms with Crippen molar-refractivity contribution in [1.29, 1.82) is 0 Å². The molecule has 6 heteroatoms. The number of rotatable bonds is 3. The van der Waals surface area contributed by atoms with Crippen LogP contribution in [0, 0.1) is 0 Å². The number of aromatic nitrogens is 1. The van der Waals surface area contributed by atoms with E-state index in [2.05, 4.69) is 5.32 Å². The number of amides is 1. The molecule has 0 radical (unpaired) electrons. The van der Waals surface area contributed by atoms with Crippen LogP contribution in [0.1, 0.15) is 33.6 Å². The first-order valence-electron chi connectivity index (χ1n) is 7.66. The number of carbonyl (C=O) groups is 1. The van der Waals surface area contributed by atoms with Crippen molar-refractivity contribution in [3.63, 3.8) is 0 Å². The molecule has 0 saturated carbocycles. The molecule has 1 fully saturated rings. The summed E-state index contributed by atoms with van der Waals surface area (Å²) in [5, 5.41) is 3.29. The number of nitrogens with one attached hydrogen (secondary N) is 1. The summed E-state index contributed by atoms with van der Waals surface area (Å²) in [6.07, 6.45) is 3.45. The Bertz CT molecular complexity index is 589. The first-order valence-corrected chi connectivity index (χ1v) is 7.66. The summed E-state index contributed by atoms with van der Waals surface area (Å²) >= 11 is 0. The lowest BCUT2D eigenvalue weighted by Gasteiger charge is -2.29. The van der Waals surface area contributed by atoms with Crippen molar-refractivity contribution in [2.45, 2.75) is 45.3 Å². The lowest BCUT2D eigenvalue weighted by Crippen LogP contribution is -2.42. The van der Waals surface area contributed by atoms with Crippen LogP contribution in [0.5, 0.6) is 0 Å². The summed E-state index contributed by atoms with van der Waals surface area (Å²) in [5.41, 5.74) is 0.356. The van der Waals surface area contributed by atoms with Crippen molar-refractivity contribution in [3.8, 4) is 0 Å². The van der Waals surface area contributed by atoms with Crippen LogP contribution in [0.15, 0.2) is 23.1 Å². The second-order valence-electron chi connectivity index (χ2n) is 6.72. The Morgan fingerprint density at radius 1 is 1.41 bits per heavy atom. The zero-order valence-electron chi connectivity index (χ0n) is 13.8. The van der Waals surface area contributed by atoms with E-state index in [1.807, 2.05) is 20.8 Å². The van der Waals surface area contributed by atoms with Gasteiger partial charge in [0.25, 0.3) is 0 Å². The van der Waals surface area contributed by atoms with Crippen LogP contribution in [0.2, 0.25) is 0 Å². The Hall–Kier alpha value is -1.98. The van der Waals surface area contributed by atoms with Crippen LogP contribution in [-0.2, 0) is 11.8 Å². The highest BCUT2D eigenvalue weighted by atomic mass is 16.6. The highest BCUT2D eigenvalue weighted by Crippen LogP contribution is 2.21. The predicted octanol–water partition coefficient (Wildman–Crippen LogP) is 2.20. The van der Waals surface area contributed by atoms with Crippen molar-refractivity contribution < 1.29 is 9.53 Å². The molecule has 22 heavy (non-hydrogen) atoms. The normalized spacial score (nSPS) is 18.4. The third kappa shape index (κ3) is 4.26. The van der Waals surface area contributed by atoms with Gasteiger partial charge in [-0.3, -0.25) is 4.79 Å². The van der Waals surface area contributed by atoms with E-state index >= 15 is 0 Å². The van der Waals surface area contributed by atoms with Gasteiger partial charge < -0.3 is 19.5 Å². The SMILES string of the molecule is Cn1cc(NCC2CCCN2C(=O)OC(C)(C)C)ccc1=O. The fourth-order valence-corrected chi connectivity index (χ4v) is 2.54. The maximum Gasteiger partial charge on any atom is 0.410 e. The monoisotopic (exact) mass is 307 g/mol. The molecule has 1 aliphatic rings. The summed E-state index contributed by atoms with van der Waals surface area (Å²) in [6, 6.07) is 3.41. The summed E-state index contributed by atoms with van der Waals surface area (Å²) in [6.45, 7) is 7.00. The van der Waals surface area contributed by atoms with Crippen molar-refractivity contribution in [3.05, 3.63) is 28.7 Å². The van der Waals surface area contributed by atoms with Crippen LogP contribution in [0.4, 0.5) is 10.5 Å². The number of anilines is 1. The van der Waals surface area contributed by atoms with Gasteiger partial charge >= 0.3 is 6.09 Å². The smallest absolute Gasteiger partial charge is 0.410 e. The zero-order chi connectivity index (χ0) is 16.3. The molecule has 1 aromatic rings. The molecule has 1 saturated heterocycles. The second-order valence-corrected chi connectivity index (χ2v) is 6.72. The van der Waals surface area contributed by atoms with Crippen molar-refractivity contribution in [2.75, 3.05) is 18.4 Å². The largest absolute Gasteiger partial charge is 0.444 e. The average molecular weight is 307 g/mol. The van der Waals surface area contributed by atoms with E-state index in [0.29, 0.717) is 6.54 Å². The highest BCUT2D eigenvalue weighted by molar-refractivity contribution is 5.69. The van der Waals surface area contributed by atoms with Gasteiger partial charge in [0.1, 0.15) is 5.60 Å². The quantitative estimate of drug-likeness (QED) is 0.930. The minimum absolute atomic E-state index is 0.0400. The van der Waals surface area contributed by atoms with Crippen LogP contribution in [-0.4, -0.2) is 40.3 Å². The Balaban J connectivity index is 1.95. The van der Waals surface area contributed by atoms with Gasteiger partial charge in [0.05, 0.1) is 11.7 Å². The van der Waals surface area contributed by atoms with E-state index in [-0.39, 0.29) is 17.7 Å². The lowest BCUT2D eigenvalue weighted by atomic mass is 10.2. The number of hydrogen-bond acceptors (Lipinski definition) is 4. The molecule has 0 aromatic carbocycles. The fraction of sp³-hybridized carbons (Fsp3) is 0.625. The molecule has 6 nitrogen and oxygen atoms in total. The summed E-state index contributed by atoms with van der Waals surface area (Å²) < 4.78 is 6.98. The Labute approximate surface area is 131 Å². The van der Waals surface area contributed by atoms with Crippen LogP contribution in [0.3, 0.4) is 0 Å². The zero-order valence-corrected chi connectivity index (χ0v) is 13.8. The molecule has 0 bridgehead atoms. The van der Waals surface area contributed by atoms with Gasteiger partial charge in [0, 0.05) is 32.4 Å². The summed E-state index contributed by atoms with van der Waals surface area (Å²) in [7, 11) is 1.72. The molecule has 2 rings (SSSR count). The number of aryl methyl sites for hydroxylation is 1. The number of pyridine rings is 1. The summed E-state index contributed by atoms with van der Waals surface area (Å²) in [4.78, 5) is 25.4. The molecule has 0 aliphatic carbocycles. The van der Waals surface area contributed by atoms with Crippen LogP contribution < -0.4 is 10.9 Å². The fourth-order valence-electron chi connectivity index (χ4n) is 2.54. The van der Waals surface area contributed by atoms with Gasteiger partial charge in [-0.05, 0) is 39.7 Å². The van der Waals surface area contributed by atoms with Crippen LogP contribution in [0.25, 0.3) is 0 Å². The van der Waals surface area contributed by atoms with E-state index in [4.69, 9.17) is 4.74 Å². The van der Waals surface area contributed by atoms with Gasteiger partial charge in [0.2, 0.25) is 5.56 Å². The second kappa shape index (κ2) is 6.42. The molecule has 1 aromatic heterocycles. The van der Waals surface area contributed by atoms with Gasteiger partial charge in [-0.1, -0.05) is 0 Å². The van der Waals surface area contributed by atoms with Gasteiger partial charge in [-0.15, -0.1) is 0 Å². The predicted molar refractivity (Wildman–Crippen MR) is 86.1 cm³/mol. The lowest BCUT2D eigenvalue weighted by molar-refractivity contribution is 0.0235. The van der Waals surface area contributed by atoms with Gasteiger partial charge in [0.15, 0.2) is 0 Å². The third-order valence-corrected chi connectivity index (χ3v) is 3.63. The van der Waals surface area contributed by atoms with Crippen LogP contribution >= 0.6 is 0 Å². The van der Waals surface area contributed by atoms with Crippen molar-refractivity contribution in [1.82, 2.24) is 9.47 Å². The third-order valence-electron chi connectivity index (χ3n) is 3.63. The number of hydrogen-bond donors (Lipinski definition) is 1. The molecule has 0 spiro atoms. The topological polar surface area (TPSA) is 63.6 Å². The molecule has 1 atom stereocenters. The minimum atomic E-state index is -0.477. The van der Waals surface area contributed by atoms with E-state index in [0.717, 1.165) is 25.1 Å². The standard InChI is InChI=1S/C16H25N3O3/c1-16(2,3)22-15(21)19-9-5-6-13(19)10-17-12-7-8-14(20)18(4)11-12/h7-8,11,13,17H,5-6,9-10H2,1-4H3.